The highest BCUT2D eigenvalue weighted by molar-refractivity contribution is 5.79. The summed E-state index contributed by atoms with van der Waals surface area (Å²) in [5.74, 6) is 0.150. The molecule has 6 heteroatoms. The van der Waals surface area contributed by atoms with E-state index in [0.29, 0.717) is 45.3 Å². The molecule has 102 valence electrons. The maximum atomic E-state index is 11.9. The van der Waals surface area contributed by atoms with Gasteiger partial charge in [0.25, 0.3) is 0 Å². The lowest BCUT2D eigenvalue weighted by atomic mass is 10.3. The van der Waals surface area contributed by atoms with Crippen LogP contribution in [-0.2, 0) is 4.79 Å². The second-order valence-corrected chi connectivity index (χ2v) is 4.86. The van der Waals surface area contributed by atoms with Crippen LogP contribution in [0.25, 0.3) is 0 Å². The van der Waals surface area contributed by atoms with E-state index < -0.39 is 0 Å². The number of rotatable bonds is 4. The van der Waals surface area contributed by atoms with Crippen molar-refractivity contribution in [1.82, 2.24) is 20.4 Å². The Bertz CT molecular complexity index is 309. The predicted molar refractivity (Wildman–Crippen MR) is 68.3 cm³/mol. The van der Waals surface area contributed by atoms with Gasteiger partial charge in [0, 0.05) is 38.8 Å². The molecule has 6 nitrogen and oxygen atoms in total. The highest BCUT2D eigenvalue weighted by atomic mass is 16.2. The summed E-state index contributed by atoms with van der Waals surface area (Å²) in [5, 5.41) is 6.00. The van der Waals surface area contributed by atoms with Crippen molar-refractivity contribution < 1.29 is 9.59 Å². The second-order valence-electron chi connectivity index (χ2n) is 4.86. The van der Waals surface area contributed by atoms with Gasteiger partial charge >= 0.3 is 6.03 Å². The van der Waals surface area contributed by atoms with E-state index in [1.807, 2.05) is 11.8 Å². The maximum Gasteiger partial charge on any atom is 0.317 e. The van der Waals surface area contributed by atoms with E-state index in [0.717, 1.165) is 0 Å². The molecule has 0 bridgehead atoms. The smallest absolute Gasteiger partial charge is 0.317 e. The van der Waals surface area contributed by atoms with Crippen LogP contribution in [-0.4, -0.2) is 67.0 Å². The Morgan fingerprint density at radius 1 is 1.11 bits per heavy atom. The minimum absolute atomic E-state index is 0.0271. The summed E-state index contributed by atoms with van der Waals surface area (Å²) >= 11 is 0. The third-order valence-electron chi connectivity index (χ3n) is 3.37. The third-order valence-corrected chi connectivity index (χ3v) is 3.37. The van der Waals surface area contributed by atoms with Crippen molar-refractivity contribution in [2.45, 2.75) is 25.8 Å². The number of urea groups is 1. The molecule has 0 aromatic heterocycles. The summed E-state index contributed by atoms with van der Waals surface area (Å²) in [5.41, 5.74) is 0. The Morgan fingerprint density at radius 2 is 1.72 bits per heavy atom. The van der Waals surface area contributed by atoms with Crippen molar-refractivity contribution in [3.63, 3.8) is 0 Å². The van der Waals surface area contributed by atoms with Gasteiger partial charge < -0.3 is 20.4 Å². The van der Waals surface area contributed by atoms with Crippen LogP contribution in [0.15, 0.2) is 0 Å². The molecule has 1 aliphatic heterocycles. The minimum Gasteiger partial charge on any atom is -0.338 e. The van der Waals surface area contributed by atoms with Crippen LogP contribution in [0, 0.1) is 0 Å². The van der Waals surface area contributed by atoms with Gasteiger partial charge in [-0.25, -0.2) is 4.79 Å². The van der Waals surface area contributed by atoms with E-state index in [-0.39, 0.29) is 11.9 Å². The fourth-order valence-electron chi connectivity index (χ4n) is 2.05. The molecule has 2 fully saturated rings. The lowest BCUT2D eigenvalue weighted by Crippen LogP contribution is -2.54. The molecule has 1 saturated carbocycles. The molecule has 0 aromatic rings. The number of nitrogens with zero attached hydrogens (tertiary/aromatic N) is 2. The summed E-state index contributed by atoms with van der Waals surface area (Å²) in [4.78, 5) is 27.1. The molecule has 2 aliphatic rings. The Labute approximate surface area is 108 Å². The van der Waals surface area contributed by atoms with Crippen molar-refractivity contribution in [2.75, 3.05) is 39.3 Å². The van der Waals surface area contributed by atoms with Crippen LogP contribution >= 0.6 is 0 Å². The summed E-state index contributed by atoms with van der Waals surface area (Å²) < 4.78 is 0. The molecule has 3 amide bonds. The number of hydrogen-bond acceptors (Lipinski definition) is 3. The van der Waals surface area contributed by atoms with Crippen LogP contribution in [0.2, 0.25) is 0 Å². The first-order valence-electron chi connectivity index (χ1n) is 6.74. The first-order chi connectivity index (χ1) is 8.70. The van der Waals surface area contributed by atoms with Gasteiger partial charge in [0.1, 0.15) is 0 Å². The zero-order chi connectivity index (χ0) is 13.0. The van der Waals surface area contributed by atoms with E-state index in [2.05, 4.69) is 10.6 Å². The summed E-state index contributed by atoms with van der Waals surface area (Å²) in [7, 11) is 0. The fourth-order valence-corrected chi connectivity index (χ4v) is 2.05. The highest BCUT2D eigenvalue weighted by Crippen LogP contribution is 2.18. The molecule has 1 heterocycles. The van der Waals surface area contributed by atoms with Crippen molar-refractivity contribution in [1.29, 1.82) is 0 Å². The molecule has 0 atom stereocenters. The van der Waals surface area contributed by atoms with Crippen LogP contribution in [0.3, 0.4) is 0 Å². The number of carbonyl (C=O) groups is 2. The molecule has 0 unspecified atom stereocenters. The quantitative estimate of drug-likeness (QED) is 0.718. The monoisotopic (exact) mass is 254 g/mol. The normalized spacial score (nSPS) is 19.8. The Kier molecular flexibility index (Phi) is 4.41. The van der Waals surface area contributed by atoms with Gasteiger partial charge in [0.2, 0.25) is 5.91 Å². The molecular formula is C12H22N4O2. The van der Waals surface area contributed by atoms with Crippen molar-refractivity contribution in [3.8, 4) is 0 Å². The topological polar surface area (TPSA) is 64.7 Å². The van der Waals surface area contributed by atoms with Crippen molar-refractivity contribution in [3.05, 3.63) is 0 Å². The van der Waals surface area contributed by atoms with E-state index in [9.17, 15) is 9.59 Å². The SMILES string of the molecule is CCNC(=O)N1CCN(C(=O)CNC2CC2)CC1. The number of piperazine rings is 1. The van der Waals surface area contributed by atoms with Gasteiger partial charge in [0.05, 0.1) is 6.54 Å². The summed E-state index contributed by atoms with van der Waals surface area (Å²) in [6.45, 7) is 5.52. The molecule has 18 heavy (non-hydrogen) atoms. The standard InChI is InChI=1S/C12H22N4O2/c1-2-13-12(18)16-7-5-15(6-8-16)11(17)9-14-10-3-4-10/h10,14H,2-9H2,1H3,(H,13,18). The molecule has 0 aromatic carbocycles. The third kappa shape index (κ3) is 3.60. The van der Waals surface area contributed by atoms with Crippen LogP contribution < -0.4 is 10.6 Å². The van der Waals surface area contributed by atoms with Gasteiger partial charge in [-0.1, -0.05) is 0 Å². The number of carbonyl (C=O) groups excluding carboxylic acids is 2. The summed E-state index contributed by atoms with van der Waals surface area (Å²) in [6.07, 6.45) is 2.39. The van der Waals surface area contributed by atoms with E-state index in [1.165, 1.54) is 12.8 Å². The van der Waals surface area contributed by atoms with Gasteiger partial charge in [-0.15, -0.1) is 0 Å². The average molecular weight is 254 g/mol. The average Bonchev–Trinajstić information content (AvgIpc) is 3.20. The predicted octanol–water partition coefficient (Wildman–Crippen LogP) is -0.388. The Hall–Kier alpha value is -1.30. The molecular weight excluding hydrogens is 232 g/mol. The zero-order valence-electron chi connectivity index (χ0n) is 10.9. The number of hydrogen-bond donors (Lipinski definition) is 2. The number of amides is 3. The first-order valence-corrected chi connectivity index (χ1v) is 6.74. The van der Waals surface area contributed by atoms with Crippen LogP contribution in [0.5, 0.6) is 0 Å². The first kappa shape index (κ1) is 13.1. The summed E-state index contributed by atoms with van der Waals surface area (Å²) in [6, 6.07) is 0.534. The van der Waals surface area contributed by atoms with Crippen molar-refractivity contribution in [2.24, 2.45) is 0 Å². The highest BCUT2D eigenvalue weighted by Gasteiger charge is 2.26. The lowest BCUT2D eigenvalue weighted by Gasteiger charge is -2.34. The number of nitrogens with one attached hydrogen (secondary N) is 2. The Balaban J connectivity index is 1.68. The molecule has 2 rings (SSSR count). The molecule has 0 spiro atoms. The molecule has 0 radical (unpaired) electrons. The lowest BCUT2D eigenvalue weighted by molar-refractivity contribution is -0.131. The van der Waals surface area contributed by atoms with E-state index in [1.54, 1.807) is 4.90 Å². The maximum absolute atomic E-state index is 11.9. The van der Waals surface area contributed by atoms with Gasteiger partial charge in [-0.2, -0.15) is 0 Å². The minimum atomic E-state index is -0.0271. The molecule has 1 aliphatic carbocycles. The molecule has 2 N–H and O–H groups in total. The Morgan fingerprint density at radius 3 is 2.28 bits per heavy atom. The second kappa shape index (κ2) is 6.04. The van der Waals surface area contributed by atoms with E-state index in [4.69, 9.17) is 0 Å². The fraction of sp³-hybridized carbons (Fsp3) is 0.833. The van der Waals surface area contributed by atoms with Gasteiger partial charge in [-0.3, -0.25) is 4.79 Å². The van der Waals surface area contributed by atoms with Crippen LogP contribution in [0.4, 0.5) is 4.79 Å². The van der Waals surface area contributed by atoms with Crippen molar-refractivity contribution >= 4 is 11.9 Å². The van der Waals surface area contributed by atoms with Gasteiger partial charge in [0.15, 0.2) is 0 Å². The van der Waals surface area contributed by atoms with Crippen LogP contribution in [0.1, 0.15) is 19.8 Å². The zero-order valence-corrected chi connectivity index (χ0v) is 10.9. The van der Waals surface area contributed by atoms with E-state index >= 15 is 0 Å². The molecule has 1 saturated heterocycles. The largest absolute Gasteiger partial charge is 0.338 e. The van der Waals surface area contributed by atoms with Gasteiger partial charge in [-0.05, 0) is 19.8 Å².